The van der Waals surface area contributed by atoms with Crippen molar-refractivity contribution in [2.45, 2.75) is 58.5 Å². The molecule has 1 aliphatic carbocycles. The summed E-state index contributed by atoms with van der Waals surface area (Å²) < 4.78 is 0. The fourth-order valence-electron chi connectivity index (χ4n) is 2.83. The first kappa shape index (κ1) is 13.4. The van der Waals surface area contributed by atoms with Crippen LogP contribution in [0.4, 0.5) is 0 Å². The van der Waals surface area contributed by atoms with E-state index in [1.165, 1.54) is 24.3 Å². The van der Waals surface area contributed by atoms with Gasteiger partial charge in [-0.05, 0) is 43.4 Å². The van der Waals surface area contributed by atoms with Gasteiger partial charge in [-0.3, -0.25) is 0 Å². The second-order valence-corrected chi connectivity index (χ2v) is 5.47. The summed E-state index contributed by atoms with van der Waals surface area (Å²) in [7, 11) is 0. The Labute approximate surface area is 109 Å². The van der Waals surface area contributed by atoms with Crippen molar-refractivity contribution < 1.29 is 10.3 Å². The van der Waals surface area contributed by atoms with Gasteiger partial charge in [-0.2, -0.15) is 5.06 Å². The van der Waals surface area contributed by atoms with Gasteiger partial charge in [-0.25, -0.2) is 0 Å². The van der Waals surface area contributed by atoms with E-state index in [4.69, 9.17) is 0 Å². The lowest BCUT2D eigenvalue weighted by molar-refractivity contribution is -0.143. The first-order chi connectivity index (χ1) is 8.58. The predicted octanol–water partition coefficient (Wildman–Crippen LogP) is 3.53. The number of aromatic hydroxyl groups is 1. The SMILES string of the molecule is Cc1cc(CN(O)C2CCCCC2)cc(C)c1O. The van der Waals surface area contributed by atoms with Gasteiger partial charge in [-0.15, -0.1) is 0 Å². The standard InChI is InChI=1S/C15H23NO2/c1-11-8-13(9-12(2)15(11)17)10-16(18)14-6-4-3-5-7-14/h8-9,14,17-18H,3-7,10H2,1-2H3. The van der Waals surface area contributed by atoms with E-state index in [1.54, 1.807) is 0 Å². The van der Waals surface area contributed by atoms with Crippen molar-refractivity contribution in [3.05, 3.63) is 28.8 Å². The molecule has 0 aliphatic heterocycles. The van der Waals surface area contributed by atoms with Crippen LogP contribution in [-0.2, 0) is 6.54 Å². The molecule has 0 radical (unpaired) electrons. The van der Waals surface area contributed by atoms with Gasteiger partial charge in [0.15, 0.2) is 0 Å². The molecule has 0 aromatic heterocycles. The van der Waals surface area contributed by atoms with Crippen LogP contribution in [0, 0.1) is 13.8 Å². The van der Waals surface area contributed by atoms with Crippen LogP contribution < -0.4 is 0 Å². The van der Waals surface area contributed by atoms with E-state index < -0.39 is 0 Å². The van der Waals surface area contributed by atoms with Gasteiger partial charge in [0, 0.05) is 12.6 Å². The summed E-state index contributed by atoms with van der Waals surface area (Å²) in [5.41, 5.74) is 2.82. The Morgan fingerprint density at radius 2 is 1.67 bits per heavy atom. The summed E-state index contributed by atoms with van der Waals surface area (Å²) in [4.78, 5) is 0. The minimum Gasteiger partial charge on any atom is -0.507 e. The third kappa shape index (κ3) is 3.03. The Bertz CT molecular complexity index is 388. The van der Waals surface area contributed by atoms with Crippen LogP contribution in [0.1, 0.15) is 48.8 Å². The molecule has 18 heavy (non-hydrogen) atoms. The molecule has 0 saturated heterocycles. The maximum atomic E-state index is 10.1. The second kappa shape index (κ2) is 5.72. The highest BCUT2D eigenvalue weighted by molar-refractivity contribution is 5.42. The summed E-state index contributed by atoms with van der Waals surface area (Å²) in [6.45, 7) is 4.34. The Balaban J connectivity index is 2.04. The molecule has 1 saturated carbocycles. The van der Waals surface area contributed by atoms with Crippen molar-refractivity contribution in [2.75, 3.05) is 0 Å². The fraction of sp³-hybridized carbons (Fsp3) is 0.600. The maximum absolute atomic E-state index is 10.1. The van der Waals surface area contributed by atoms with Crippen molar-refractivity contribution in [2.24, 2.45) is 0 Å². The number of rotatable bonds is 3. The number of hydrogen-bond acceptors (Lipinski definition) is 3. The van der Waals surface area contributed by atoms with Gasteiger partial charge in [0.05, 0.1) is 0 Å². The van der Waals surface area contributed by atoms with Crippen LogP contribution in [0.25, 0.3) is 0 Å². The van der Waals surface area contributed by atoms with E-state index in [0.29, 0.717) is 18.3 Å². The van der Waals surface area contributed by atoms with Crippen molar-refractivity contribution in [1.29, 1.82) is 0 Å². The van der Waals surface area contributed by atoms with Crippen LogP contribution >= 0.6 is 0 Å². The highest BCUT2D eigenvalue weighted by Crippen LogP contribution is 2.26. The Morgan fingerprint density at radius 3 is 2.22 bits per heavy atom. The number of phenolic OH excluding ortho intramolecular Hbond substituents is 1. The van der Waals surface area contributed by atoms with Crippen LogP contribution in [0.15, 0.2) is 12.1 Å². The molecule has 0 atom stereocenters. The maximum Gasteiger partial charge on any atom is 0.121 e. The number of benzene rings is 1. The van der Waals surface area contributed by atoms with Crippen LogP contribution in [0.2, 0.25) is 0 Å². The third-order valence-corrected chi connectivity index (χ3v) is 3.89. The lowest BCUT2D eigenvalue weighted by Gasteiger charge is -2.29. The van der Waals surface area contributed by atoms with Gasteiger partial charge in [0.2, 0.25) is 0 Å². The quantitative estimate of drug-likeness (QED) is 0.805. The predicted molar refractivity (Wildman–Crippen MR) is 71.8 cm³/mol. The molecule has 0 bridgehead atoms. The number of aryl methyl sites for hydroxylation is 2. The van der Waals surface area contributed by atoms with Gasteiger partial charge in [0.25, 0.3) is 0 Å². The molecule has 0 spiro atoms. The van der Waals surface area contributed by atoms with Crippen LogP contribution in [0.3, 0.4) is 0 Å². The van der Waals surface area contributed by atoms with Gasteiger partial charge in [0.1, 0.15) is 5.75 Å². The first-order valence-electron chi connectivity index (χ1n) is 6.82. The molecule has 100 valence electrons. The molecule has 1 aromatic carbocycles. The lowest BCUT2D eigenvalue weighted by Crippen LogP contribution is -2.33. The first-order valence-corrected chi connectivity index (χ1v) is 6.82. The topological polar surface area (TPSA) is 43.7 Å². The smallest absolute Gasteiger partial charge is 0.121 e. The molecule has 3 heteroatoms. The zero-order valence-electron chi connectivity index (χ0n) is 11.3. The monoisotopic (exact) mass is 249 g/mol. The summed E-state index contributed by atoms with van der Waals surface area (Å²) in [6, 6.07) is 4.20. The number of hydroxylamine groups is 2. The normalized spacial score (nSPS) is 17.3. The minimum absolute atomic E-state index is 0.299. The Hall–Kier alpha value is -1.06. The fourth-order valence-corrected chi connectivity index (χ4v) is 2.83. The molecule has 1 aromatic rings. The van der Waals surface area contributed by atoms with Crippen LogP contribution in [0.5, 0.6) is 5.75 Å². The summed E-state index contributed by atoms with van der Waals surface area (Å²) in [6.07, 6.45) is 5.91. The molecule has 3 nitrogen and oxygen atoms in total. The van der Waals surface area contributed by atoms with Crippen molar-refractivity contribution in [3.8, 4) is 5.75 Å². The van der Waals surface area contributed by atoms with E-state index in [2.05, 4.69) is 0 Å². The van der Waals surface area contributed by atoms with Crippen molar-refractivity contribution in [3.63, 3.8) is 0 Å². The molecule has 1 fully saturated rings. The number of nitrogens with zero attached hydrogens (tertiary/aromatic N) is 1. The average molecular weight is 249 g/mol. The van der Waals surface area contributed by atoms with E-state index >= 15 is 0 Å². The molecular formula is C15H23NO2. The highest BCUT2D eigenvalue weighted by Gasteiger charge is 2.20. The van der Waals surface area contributed by atoms with Crippen LogP contribution in [-0.4, -0.2) is 21.4 Å². The third-order valence-electron chi connectivity index (χ3n) is 3.89. The Morgan fingerprint density at radius 1 is 1.11 bits per heavy atom. The highest BCUT2D eigenvalue weighted by atomic mass is 16.5. The molecule has 2 N–H and O–H groups in total. The molecule has 1 aliphatic rings. The van der Waals surface area contributed by atoms with Crippen molar-refractivity contribution >= 4 is 0 Å². The van der Waals surface area contributed by atoms with E-state index in [9.17, 15) is 10.3 Å². The lowest BCUT2D eigenvalue weighted by atomic mass is 9.95. The van der Waals surface area contributed by atoms with E-state index in [1.807, 2.05) is 26.0 Å². The molecule has 0 unspecified atom stereocenters. The van der Waals surface area contributed by atoms with E-state index in [0.717, 1.165) is 29.5 Å². The average Bonchev–Trinajstić information content (AvgIpc) is 2.37. The van der Waals surface area contributed by atoms with Gasteiger partial charge < -0.3 is 10.3 Å². The molecule has 0 heterocycles. The van der Waals surface area contributed by atoms with Gasteiger partial charge in [-0.1, -0.05) is 31.4 Å². The molecule has 0 amide bonds. The Kier molecular flexibility index (Phi) is 4.25. The zero-order chi connectivity index (χ0) is 13.1. The summed E-state index contributed by atoms with van der Waals surface area (Å²) in [5.74, 6) is 0.362. The second-order valence-electron chi connectivity index (χ2n) is 5.47. The molecular weight excluding hydrogens is 226 g/mol. The largest absolute Gasteiger partial charge is 0.507 e. The zero-order valence-corrected chi connectivity index (χ0v) is 11.3. The summed E-state index contributed by atoms with van der Waals surface area (Å²) >= 11 is 0. The molecule has 2 rings (SSSR count). The minimum atomic E-state index is 0.299. The summed E-state index contributed by atoms with van der Waals surface area (Å²) in [5, 5.41) is 21.4. The van der Waals surface area contributed by atoms with E-state index in [-0.39, 0.29) is 0 Å². The number of hydrogen-bond donors (Lipinski definition) is 2. The van der Waals surface area contributed by atoms with Gasteiger partial charge >= 0.3 is 0 Å². The van der Waals surface area contributed by atoms with Crippen molar-refractivity contribution in [1.82, 2.24) is 5.06 Å². The number of phenols is 1.